The summed E-state index contributed by atoms with van der Waals surface area (Å²) in [5.41, 5.74) is 0.945. The second-order valence-corrected chi connectivity index (χ2v) is 9.94. The molecule has 208 valence electrons. The van der Waals surface area contributed by atoms with Crippen LogP contribution in [-0.4, -0.2) is 89.7 Å². The number of nitrogens with zero attached hydrogens (tertiary/aromatic N) is 5. The summed E-state index contributed by atoms with van der Waals surface area (Å²) in [4.78, 5) is 48.5. The Morgan fingerprint density at radius 1 is 1.21 bits per heavy atom. The lowest BCUT2D eigenvalue weighted by Crippen LogP contribution is -2.60. The minimum Gasteiger partial charge on any atom is -0.495 e. The molecule has 2 aliphatic heterocycles. The monoisotopic (exact) mass is 545 g/mol. The van der Waals surface area contributed by atoms with Gasteiger partial charge in [-0.3, -0.25) is 9.59 Å². The van der Waals surface area contributed by atoms with Gasteiger partial charge in [0.1, 0.15) is 11.4 Å². The number of likely N-dealkylation sites (tertiary alicyclic amines) is 1. The summed E-state index contributed by atoms with van der Waals surface area (Å²) in [5.74, 6) is -4.58. The van der Waals surface area contributed by atoms with Gasteiger partial charge in [0.25, 0.3) is 11.8 Å². The maximum Gasteiger partial charge on any atom is 0.407 e. The van der Waals surface area contributed by atoms with Crippen LogP contribution in [0.5, 0.6) is 5.75 Å². The lowest BCUT2D eigenvalue weighted by molar-refractivity contribution is -0.140. The number of rotatable bonds is 6. The maximum atomic E-state index is 14.8. The molecule has 0 radical (unpaired) electrons. The fourth-order valence-corrected chi connectivity index (χ4v) is 5.15. The van der Waals surface area contributed by atoms with Gasteiger partial charge in [0.05, 0.1) is 31.6 Å². The van der Waals surface area contributed by atoms with Crippen molar-refractivity contribution in [3.63, 3.8) is 0 Å². The first-order valence-corrected chi connectivity index (χ1v) is 12.6. The SMILES string of the molecule is COc1cc(C(=O)NC2CN(C(=O)O)C2)ccc1Nc1ncc2c(n1)N(C1CCCC1)CC(F)(F)C(=O)N2C. The number of halogens is 2. The number of hydrogen-bond donors (Lipinski definition) is 3. The van der Waals surface area contributed by atoms with Crippen molar-refractivity contribution in [2.24, 2.45) is 0 Å². The highest BCUT2D eigenvalue weighted by molar-refractivity contribution is 6.02. The quantitative estimate of drug-likeness (QED) is 0.500. The zero-order valence-corrected chi connectivity index (χ0v) is 21.5. The third-order valence-corrected chi connectivity index (χ3v) is 7.33. The van der Waals surface area contributed by atoms with Gasteiger partial charge in [-0.15, -0.1) is 0 Å². The number of hydrogen-bond acceptors (Lipinski definition) is 8. The van der Waals surface area contributed by atoms with E-state index in [1.165, 1.54) is 36.2 Å². The van der Waals surface area contributed by atoms with E-state index in [1.54, 1.807) is 12.1 Å². The summed E-state index contributed by atoms with van der Waals surface area (Å²) >= 11 is 0. The Kier molecular flexibility index (Phi) is 6.87. The molecular formula is C25H29F2N7O5. The van der Waals surface area contributed by atoms with Crippen LogP contribution in [-0.2, 0) is 4.79 Å². The van der Waals surface area contributed by atoms with Gasteiger partial charge in [0.2, 0.25) is 5.95 Å². The van der Waals surface area contributed by atoms with Crippen molar-refractivity contribution in [3.8, 4) is 5.75 Å². The number of benzene rings is 1. The van der Waals surface area contributed by atoms with E-state index in [4.69, 9.17) is 9.84 Å². The molecule has 0 unspecified atom stereocenters. The molecule has 1 aliphatic carbocycles. The van der Waals surface area contributed by atoms with Gasteiger partial charge >= 0.3 is 12.0 Å². The van der Waals surface area contributed by atoms with Crippen LogP contribution in [0, 0.1) is 0 Å². The number of ether oxygens (including phenoxy) is 1. The Balaban J connectivity index is 1.38. The van der Waals surface area contributed by atoms with E-state index in [2.05, 4.69) is 20.6 Å². The Hall–Kier alpha value is -4.23. The predicted octanol–water partition coefficient (Wildman–Crippen LogP) is 2.68. The van der Waals surface area contributed by atoms with Gasteiger partial charge < -0.3 is 35.2 Å². The highest BCUT2D eigenvalue weighted by atomic mass is 19.3. The van der Waals surface area contributed by atoms with Crippen LogP contribution >= 0.6 is 0 Å². The number of alkyl halides is 2. The lowest BCUT2D eigenvalue weighted by atomic mass is 10.1. The molecule has 1 aromatic carbocycles. The molecule has 0 bridgehead atoms. The van der Waals surface area contributed by atoms with E-state index >= 15 is 0 Å². The van der Waals surface area contributed by atoms with Gasteiger partial charge in [0.15, 0.2) is 5.82 Å². The molecule has 2 fully saturated rings. The first-order chi connectivity index (χ1) is 18.6. The van der Waals surface area contributed by atoms with Crippen LogP contribution in [0.15, 0.2) is 24.4 Å². The standard InChI is InChI=1S/C25H29F2N7O5/c1-32-18-10-28-23(31-20(18)34(16-5-3-4-6-16)13-25(26,27)22(32)36)30-17-8-7-14(9-19(17)39-2)21(35)29-15-11-33(12-15)24(37)38/h7-10,15-16H,3-6,11-13H2,1-2H3,(H,29,35)(H,37,38)(H,28,30,31). The van der Waals surface area contributed by atoms with Crippen molar-refractivity contribution in [1.29, 1.82) is 0 Å². The molecule has 0 spiro atoms. The average molecular weight is 546 g/mol. The van der Waals surface area contributed by atoms with E-state index in [1.807, 2.05) is 0 Å². The Morgan fingerprint density at radius 3 is 2.59 bits per heavy atom. The Bertz CT molecular complexity index is 1300. The Labute approximate surface area is 222 Å². The molecule has 2 aromatic rings. The molecule has 1 saturated carbocycles. The van der Waals surface area contributed by atoms with Crippen LogP contribution < -0.4 is 25.2 Å². The number of methoxy groups -OCH3 is 1. The van der Waals surface area contributed by atoms with Crippen LogP contribution in [0.3, 0.4) is 0 Å². The lowest BCUT2D eigenvalue weighted by Gasteiger charge is -2.37. The molecule has 1 aromatic heterocycles. The topological polar surface area (TPSA) is 140 Å². The van der Waals surface area contributed by atoms with Gasteiger partial charge in [-0.05, 0) is 31.0 Å². The summed E-state index contributed by atoms with van der Waals surface area (Å²) in [6, 6.07) is 4.25. The second kappa shape index (κ2) is 10.2. The number of carboxylic acid groups (broad SMARTS) is 1. The maximum absolute atomic E-state index is 14.8. The zero-order chi connectivity index (χ0) is 27.9. The van der Waals surface area contributed by atoms with Crippen molar-refractivity contribution < 1.29 is 33.0 Å². The van der Waals surface area contributed by atoms with Gasteiger partial charge in [-0.25, -0.2) is 9.78 Å². The molecule has 3 aliphatic rings. The normalized spacial score (nSPS) is 19.3. The highest BCUT2D eigenvalue weighted by Gasteiger charge is 2.48. The molecule has 3 amide bonds. The Morgan fingerprint density at radius 2 is 1.92 bits per heavy atom. The summed E-state index contributed by atoms with van der Waals surface area (Å²) in [7, 11) is 2.72. The number of fused-ring (bicyclic) bond motifs is 1. The summed E-state index contributed by atoms with van der Waals surface area (Å²) < 4.78 is 35.1. The molecule has 0 atom stereocenters. The molecule has 14 heteroatoms. The number of amides is 3. The smallest absolute Gasteiger partial charge is 0.407 e. The van der Waals surface area contributed by atoms with Crippen molar-refractivity contribution in [2.75, 3.05) is 48.9 Å². The van der Waals surface area contributed by atoms with E-state index in [0.29, 0.717) is 17.0 Å². The van der Waals surface area contributed by atoms with Gasteiger partial charge in [-0.2, -0.15) is 13.8 Å². The molecule has 3 heterocycles. The fraction of sp³-hybridized carbons (Fsp3) is 0.480. The van der Waals surface area contributed by atoms with Crippen molar-refractivity contribution in [1.82, 2.24) is 20.2 Å². The molecule has 12 nitrogen and oxygen atoms in total. The van der Waals surface area contributed by atoms with E-state index in [-0.39, 0.29) is 48.5 Å². The predicted molar refractivity (Wildman–Crippen MR) is 137 cm³/mol. The van der Waals surface area contributed by atoms with Crippen LogP contribution in [0.25, 0.3) is 0 Å². The van der Waals surface area contributed by atoms with E-state index in [9.17, 15) is 23.2 Å². The molecule has 1 saturated heterocycles. The second-order valence-electron chi connectivity index (χ2n) is 9.94. The van der Waals surface area contributed by atoms with E-state index in [0.717, 1.165) is 30.6 Å². The molecule has 5 rings (SSSR count). The number of carbonyl (C=O) groups excluding carboxylic acids is 2. The third kappa shape index (κ3) is 5.10. The molecular weight excluding hydrogens is 516 g/mol. The largest absolute Gasteiger partial charge is 0.495 e. The van der Waals surface area contributed by atoms with Gasteiger partial charge in [-0.1, -0.05) is 12.8 Å². The fourth-order valence-electron chi connectivity index (χ4n) is 5.15. The number of nitrogens with one attached hydrogen (secondary N) is 2. The van der Waals surface area contributed by atoms with Crippen molar-refractivity contribution >= 4 is 41.0 Å². The number of anilines is 4. The third-order valence-electron chi connectivity index (χ3n) is 7.33. The summed E-state index contributed by atoms with van der Waals surface area (Å²) in [6.07, 6.45) is 3.60. The zero-order valence-electron chi connectivity index (χ0n) is 21.5. The van der Waals surface area contributed by atoms with E-state index < -0.39 is 24.5 Å². The summed E-state index contributed by atoms with van der Waals surface area (Å²) in [6.45, 7) is -0.321. The van der Waals surface area contributed by atoms with Crippen molar-refractivity contribution in [2.45, 2.75) is 43.7 Å². The van der Waals surface area contributed by atoms with Crippen LogP contribution in [0.1, 0.15) is 36.0 Å². The number of aromatic nitrogens is 2. The van der Waals surface area contributed by atoms with Crippen LogP contribution in [0.4, 0.5) is 36.7 Å². The highest BCUT2D eigenvalue weighted by Crippen LogP contribution is 2.40. The average Bonchev–Trinajstić information content (AvgIpc) is 3.40. The molecule has 3 N–H and O–H groups in total. The van der Waals surface area contributed by atoms with Crippen LogP contribution in [0.2, 0.25) is 0 Å². The number of carbonyl (C=O) groups is 3. The minimum atomic E-state index is -3.57. The first kappa shape index (κ1) is 26.4. The summed E-state index contributed by atoms with van der Waals surface area (Å²) in [5, 5.41) is 14.8. The molecule has 39 heavy (non-hydrogen) atoms. The van der Waals surface area contributed by atoms with Gasteiger partial charge in [0, 0.05) is 31.7 Å². The van der Waals surface area contributed by atoms with Crippen molar-refractivity contribution in [3.05, 3.63) is 30.0 Å². The minimum absolute atomic E-state index is 0.113. The first-order valence-electron chi connectivity index (χ1n) is 12.6.